The summed E-state index contributed by atoms with van der Waals surface area (Å²) in [5, 5.41) is 8.55. The lowest BCUT2D eigenvalue weighted by molar-refractivity contribution is 0.180. The van der Waals surface area contributed by atoms with Gasteiger partial charge in [0.1, 0.15) is 0 Å². The third-order valence-electron chi connectivity index (χ3n) is 2.03. The molecule has 0 heterocycles. The van der Waals surface area contributed by atoms with Crippen LogP contribution in [0, 0.1) is 17.1 Å². The summed E-state index contributed by atoms with van der Waals surface area (Å²) < 4.78 is 23.5. The Kier molecular flexibility index (Phi) is 4.07. The second-order valence-electron chi connectivity index (χ2n) is 3.00. The van der Waals surface area contributed by atoms with Gasteiger partial charge in [0, 0.05) is 18.2 Å². The second-order valence-corrected chi connectivity index (χ2v) is 3.00. The fourth-order valence-corrected chi connectivity index (χ4v) is 1.35. The number of hydrogen-bond donors (Lipinski definition) is 0. The fourth-order valence-electron chi connectivity index (χ4n) is 1.35. The number of halogens is 1. The van der Waals surface area contributed by atoms with E-state index in [4.69, 9.17) is 14.7 Å². The summed E-state index contributed by atoms with van der Waals surface area (Å²) >= 11 is 0. The van der Waals surface area contributed by atoms with Crippen LogP contribution in [-0.4, -0.2) is 14.2 Å². The molecule has 0 atom stereocenters. The summed E-state index contributed by atoms with van der Waals surface area (Å²) in [6.45, 7) is 0.190. The van der Waals surface area contributed by atoms with Gasteiger partial charge in [0.15, 0.2) is 11.6 Å². The molecule has 15 heavy (non-hydrogen) atoms. The molecule has 80 valence electrons. The van der Waals surface area contributed by atoms with Gasteiger partial charge in [-0.05, 0) is 0 Å². The van der Waals surface area contributed by atoms with E-state index in [-0.39, 0.29) is 18.8 Å². The Labute approximate surface area is 88.0 Å². The van der Waals surface area contributed by atoms with Crippen molar-refractivity contribution in [1.29, 1.82) is 5.26 Å². The molecule has 0 N–H and O–H groups in total. The van der Waals surface area contributed by atoms with E-state index in [0.717, 1.165) is 0 Å². The highest BCUT2D eigenvalue weighted by Crippen LogP contribution is 2.26. The van der Waals surface area contributed by atoms with Crippen LogP contribution < -0.4 is 4.74 Å². The van der Waals surface area contributed by atoms with E-state index >= 15 is 0 Å². The van der Waals surface area contributed by atoms with Crippen molar-refractivity contribution in [1.82, 2.24) is 0 Å². The van der Waals surface area contributed by atoms with Gasteiger partial charge in [0.05, 0.1) is 26.2 Å². The molecular formula is C11H12FNO2. The Morgan fingerprint density at radius 3 is 2.53 bits per heavy atom. The largest absolute Gasteiger partial charge is 0.493 e. The molecule has 4 heteroatoms. The minimum Gasteiger partial charge on any atom is -0.493 e. The minimum atomic E-state index is -0.452. The summed E-state index contributed by atoms with van der Waals surface area (Å²) in [6.07, 6.45) is 0.132. The van der Waals surface area contributed by atoms with Gasteiger partial charge in [0.25, 0.3) is 0 Å². The van der Waals surface area contributed by atoms with Gasteiger partial charge in [0.2, 0.25) is 0 Å². The van der Waals surface area contributed by atoms with E-state index in [9.17, 15) is 4.39 Å². The molecule has 0 spiro atoms. The van der Waals surface area contributed by atoms with Gasteiger partial charge in [-0.1, -0.05) is 12.1 Å². The van der Waals surface area contributed by atoms with Crippen LogP contribution in [0.5, 0.6) is 5.75 Å². The fraction of sp³-hybridized carbons (Fsp3) is 0.364. The zero-order chi connectivity index (χ0) is 11.3. The van der Waals surface area contributed by atoms with Crippen molar-refractivity contribution in [3.63, 3.8) is 0 Å². The molecule has 1 rings (SSSR count). The van der Waals surface area contributed by atoms with E-state index in [0.29, 0.717) is 11.1 Å². The third-order valence-corrected chi connectivity index (χ3v) is 2.03. The Morgan fingerprint density at radius 2 is 2.00 bits per heavy atom. The Balaban J connectivity index is 3.15. The first kappa shape index (κ1) is 11.5. The van der Waals surface area contributed by atoms with Crippen LogP contribution in [0.3, 0.4) is 0 Å². The molecule has 0 aliphatic heterocycles. The number of benzene rings is 1. The van der Waals surface area contributed by atoms with Crippen molar-refractivity contribution in [3.05, 3.63) is 29.1 Å². The molecule has 0 aromatic heterocycles. The molecule has 0 amide bonds. The second kappa shape index (κ2) is 5.32. The molecule has 1 aromatic rings. The van der Waals surface area contributed by atoms with Gasteiger partial charge in [-0.25, -0.2) is 4.39 Å². The number of ether oxygens (including phenoxy) is 2. The first-order valence-corrected chi connectivity index (χ1v) is 4.44. The Bertz CT molecular complexity index is 385. The summed E-state index contributed by atoms with van der Waals surface area (Å²) in [7, 11) is 2.88. The maximum absolute atomic E-state index is 13.7. The normalized spacial score (nSPS) is 9.73. The predicted molar refractivity (Wildman–Crippen MR) is 53.0 cm³/mol. The lowest BCUT2D eigenvalue weighted by Gasteiger charge is -2.10. The number of nitriles is 1. The van der Waals surface area contributed by atoms with E-state index in [1.807, 2.05) is 6.07 Å². The van der Waals surface area contributed by atoms with E-state index in [1.165, 1.54) is 14.2 Å². The van der Waals surface area contributed by atoms with Gasteiger partial charge < -0.3 is 9.47 Å². The first-order chi connectivity index (χ1) is 7.24. The summed E-state index contributed by atoms with van der Waals surface area (Å²) in [4.78, 5) is 0. The van der Waals surface area contributed by atoms with Crippen molar-refractivity contribution in [2.45, 2.75) is 13.0 Å². The average molecular weight is 209 g/mol. The monoisotopic (exact) mass is 209 g/mol. The highest BCUT2D eigenvalue weighted by atomic mass is 19.1. The van der Waals surface area contributed by atoms with Gasteiger partial charge >= 0.3 is 0 Å². The van der Waals surface area contributed by atoms with Gasteiger partial charge in [-0.15, -0.1) is 0 Å². The highest BCUT2D eigenvalue weighted by molar-refractivity contribution is 5.40. The SMILES string of the molecule is COCc1ccc(CC#N)c(OC)c1F. The van der Waals surface area contributed by atoms with Crippen molar-refractivity contribution in [2.24, 2.45) is 0 Å². The highest BCUT2D eigenvalue weighted by Gasteiger charge is 2.13. The number of hydrogen-bond acceptors (Lipinski definition) is 3. The van der Waals surface area contributed by atoms with Crippen molar-refractivity contribution in [3.8, 4) is 11.8 Å². The molecule has 0 saturated carbocycles. The molecule has 0 saturated heterocycles. The van der Waals surface area contributed by atoms with Crippen LogP contribution in [0.1, 0.15) is 11.1 Å². The first-order valence-electron chi connectivity index (χ1n) is 4.44. The Hall–Kier alpha value is -1.60. The summed E-state index contributed by atoms with van der Waals surface area (Å²) in [5.74, 6) is -0.321. The topological polar surface area (TPSA) is 42.2 Å². The smallest absolute Gasteiger partial charge is 0.170 e. The van der Waals surface area contributed by atoms with Crippen LogP contribution in [-0.2, 0) is 17.8 Å². The molecule has 0 aliphatic rings. The van der Waals surface area contributed by atoms with Crippen LogP contribution in [0.2, 0.25) is 0 Å². The lowest BCUT2D eigenvalue weighted by Crippen LogP contribution is -2.00. The van der Waals surface area contributed by atoms with Crippen LogP contribution >= 0.6 is 0 Å². The summed E-state index contributed by atoms with van der Waals surface area (Å²) in [6, 6.07) is 5.24. The lowest BCUT2D eigenvalue weighted by atomic mass is 10.1. The standard InChI is InChI=1S/C11H12FNO2/c1-14-7-9-4-3-8(5-6-13)11(15-2)10(9)12/h3-4H,5,7H2,1-2H3. The van der Waals surface area contributed by atoms with Crippen LogP contribution in [0.25, 0.3) is 0 Å². The number of nitrogens with zero attached hydrogens (tertiary/aromatic N) is 1. The Morgan fingerprint density at radius 1 is 1.33 bits per heavy atom. The van der Waals surface area contributed by atoms with E-state index < -0.39 is 5.82 Å². The van der Waals surface area contributed by atoms with Gasteiger partial charge in [-0.2, -0.15) is 5.26 Å². The molecule has 0 aliphatic carbocycles. The predicted octanol–water partition coefficient (Wildman–Crippen LogP) is 2.05. The zero-order valence-corrected chi connectivity index (χ0v) is 8.71. The van der Waals surface area contributed by atoms with Crippen molar-refractivity contribution in [2.75, 3.05) is 14.2 Å². The molecule has 3 nitrogen and oxygen atoms in total. The number of rotatable bonds is 4. The maximum Gasteiger partial charge on any atom is 0.170 e. The van der Waals surface area contributed by atoms with Crippen molar-refractivity contribution < 1.29 is 13.9 Å². The average Bonchev–Trinajstić information content (AvgIpc) is 2.23. The molecule has 1 aromatic carbocycles. The molecular weight excluding hydrogens is 197 g/mol. The van der Waals surface area contributed by atoms with E-state index in [2.05, 4.69) is 0 Å². The molecule has 0 bridgehead atoms. The van der Waals surface area contributed by atoms with Crippen LogP contribution in [0.15, 0.2) is 12.1 Å². The van der Waals surface area contributed by atoms with Crippen LogP contribution in [0.4, 0.5) is 4.39 Å². The summed E-state index contributed by atoms with van der Waals surface area (Å²) in [5.41, 5.74) is 0.980. The quantitative estimate of drug-likeness (QED) is 0.762. The van der Waals surface area contributed by atoms with Crippen molar-refractivity contribution >= 4 is 0 Å². The number of methoxy groups -OCH3 is 2. The molecule has 0 unspecified atom stereocenters. The van der Waals surface area contributed by atoms with Gasteiger partial charge in [-0.3, -0.25) is 0 Å². The molecule has 0 radical (unpaired) electrons. The zero-order valence-electron chi connectivity index (χ0n) is 8.71. The molecule has 0 fully saturated rings. The van der Waals surface area contributed by atoms with E-state index in [1.54, 1.807) is 12.1 Å². The third kappa shape index (κ3) is 2.45. The minimum absolute atomic E-state index is 0.131. The maximum atomic E-state index is 13.7.